The van der Waals surface area contributed by atoms with Crippen LogP contribution in [0.1, 0.15) is 24.0 Å². The number of aryl methyl sites for hydroxylation is 2. The van der Waals surface area contributed by atoms with Crippen LogP contribution in [0.2, 0.25) is 0 Å². The van der Waals surface area contributed by atoms with Crippen molar-refractivity contribution < 1.29 is 9.53 Å². The van der Waals surface area contributed by atoms with Gasteiger partial charge in [-0.1, -0.05) is 0 Å². The number of nitrogens with one attached hydrogen (secondary N) is 1. The van der Waals surface area contributed by atoms with Crippen LogP contribution in [-0.4, -0.2) is 42.0 Å². The van der Waals surface area contributed by atoms with Crippen LogP contribution in [-0.2, 0) is 16.0 Å². The second-order valence-corrected chi connectivity index (χ2v) is 7.13. The predicted molar refractivity (Wildman–Crippen MR) is 84.4 cm³/mol. The normalized spacial score (nSPS) is 11.2. The van der Waals surface area contributed by atoms with Crippen molar-refractivity contribution in [2.24, 2.45) is 0 Å². The topological polar surface area (TPSA) is 84.9 Å². The van der Waals surface area contributed by atoms with Crippen molar-refractivity contribution in [2.45, 2.75) is 27.2 Å². The van der Waals surface area contributed by atoms with Crippen molar-refractivity contribution in [3.8, 4) is 0 Å². The van der Waals surface area contributed by atoms with Crippen molar-refractivity contribution in [2.75, 3.05) is 6.61 Å². The number of pyridine rings is 1. The Kier molecular flexibility index (Phi) is 3.85. The second kappa shape index (κ2) is 5.66. The van der Waals surface area contributed by atoms with E-state index in [2.05, 4.69) is 15.0 Å². The molecule has 0 saturated heterocycles. The van der Waals surface area contributed by atoms with Crippen molar-refractivity contribution in [1.29, 1.82) is 0 Å². The molecule has 0 unspecified atom stereocenters. The molecule has 3 aromatic rings. The fourth-order valence-electron chi connectivity index (χ4n) is 2.47. The van der Waals surface area contributed by atoms with Gasteiger partial charge in [0.05, 0.1) is 0 Å². The van der Waals surface area contributed by atoms with Gasteiger partial charge in [0.15, 0.2) is 0 Å². The molecule has 3 rings (SSSR count). The van der Waals surface area contributed by atoms with Gasteiger partial charge >= 0.3 is 132 Å². The minimum absolute atomic E-state index is 0.0307. The molecule has 3 heterocycles. The van der Waals surface area contributed by atoms with Crippen LogP contribution in [0, 0.1) is 13.8 Å². The SMILES string of the molecule is CCOC(=O)Cc1nc2c([se]c3nc(C)cc(C)c32)c(=O)[nH]1. The molecule has 0 saturated carbocycles. The van der Waals surface area contributed by atoms with E-state index < -0.39 is 5.97 Å². The van der Waals surface area contributed by atoms with Crippen molar-refractivity contribution in [3.63, 3.8) is 0 Å². The fraction of sp³-hybridized carbons (Fsp3) is 0.333. The van der Waals surface area contributed by atoms with Gasteiger partial charge in [-0.05, 0) is 0 Å². The Morgan fingerprint density at radius 3 is 2.86 bits per heavy atom. The number of ether oxygens (including phenoxy) is 1. The van der Waals surface area contributed by atoms with Gasteiger partial charge in [-0.25, -0.2) is 0 Å². The van der Waals surface area contributed by atoms with E-state index in [-0.39, 0.29) is 26.5 Å². The maximum absolute atomic E-state index is 12.3. The van der Waals surface area contributed by atoms with E-state index in [1.165, 1.54) is 0 Å². The van der Waals surface area contributed by atoms with E-state index in [4.69, 9.17) is 4.74 Å². The van der Waals surface area contributed by atoms with Gasteiger partial charge in [0.1, 0.15) is 0 Å². The van der Waals surface area contributed by atoms with Crippen molar-refractivity contribution in [1.82, 2.24) is 15.0 Å². The van der Waals surface area contributed by atoms with E-state index in [1.54, 1.807) is 6.92 Å². The quantitative estimate of drug-likeness (QED) is 0.559. The van der Waals surface area contributed by atoms with E-state index >= 15 is 0 Å². The number of nitrogens with zero attached hydrogens (tertiary/aromatic N) is 2. The average Bonchev–Trinajstić information content (AvgIpc) is 2.77. The van der Waals surface area contributed by atoms with E-state index in [9.17, 15) is 9.59 Å². The molecule has 0 amide bonds. The molecule has 0 aromatic carbocycles. The number of rotatable bonds is 3. The number of fused-ring (bicyclic) bond motifs is 3. The zero-order valence-corrected chi connectivity index (χ0v) is 14.2. The molecule has 0 aliphatic carbocycles. The predicted octanol–water partition coefficient (Wildman–Crippen LogP) is 1.25. The van der Waals surface area contributed by atoms with Crippen LogP contribution in [0.4, 0.5) is 0 Å². The van der Waals surface area contributed by atoms with Gasteiger partial charge in [-0.2, -0.15) is 0 Å². The second-order valence-electron chi connectivity index (χ2n) is 5.03. The summed E-state index contributed by atoms with van der Waals surface area (Å²) in [5.41, 5.74) is 2.49. The molecule has 6 nitrogen and oxygen atoms in total. The first kappa shape index (κ1) is 14.9. The van der Waals surface area contributed by atoms with Gasteiger partial charge in [-0.3, -0.25) is 0 Å². The van der Waals surface area contributed by atoms with Crippen molar-refractivity contribution in [3.05, 3.63) is 33.5 Å². The summed E-state index contributed by atoms with van der Waals surface area (Å²) in [6, 6.07) is 1.98. The number of aromatic nitrogens is 3. The molecule has 1 N–H and O–H groups in total. The van der Waals surface area contributed by atoms with Gasteiger partial charge in [0.25, 0.3) is 0 Å². The van der Waals surface area contributed by atoms with Crippen LogP contribution in [0.3, 0.4) is 0 Å². The third-order valence-electron chi connectivity index (χ3n) is 3.29. The number of hydrogen-bond donors (Lipinski definition) is 1. The Morgan fingerprint density at radius 2 is 2.14 bits per heavy atom. The Bertz CT molecular complexity index is 942. The van der Waals surface area contributed by atoms with E-state index in [1.807, 2.05) is 19.9 Å². The Balaban J connectivity index is 2.22. The Hall–Kier alpha value is -1.98. The molecule has 0 radical (unpaired) electrons. The number of aromatic amines is 1. The maximum atomic E-state index is 12.3. The summed E-state index contributed by atoms with van der Waals surface area (Å²) in [7, 11) is 0. The van der Waals surface area contributed by atoms with Gasteiger partial charge in [0.2, 0.25) is 0 Å². The molecular weight excluding hydrogens is 349 g/mol. The average molecular weight is 364 g/mol. The molecule has 7 heteroatoms. The fourth-order valence-corrected chi connectivity index (χ4v) is 4.84. The van der Waals surface area contributed by atoms with Crippen LogP contribution < -0.4 is 5.56 Å². The third-order valence-corrected chi connectivity index (χ3v) is 5.54. The summed E-state index contributed by atoms with van der Waals surface area (Å²) in [5.74, 6) is -0.0566. The molecule has 0 spiro atoms. The van der Waals surface area contributed by atoms with E-state index in [0.717, 1.165) is 21.0 Å². The first-order chi connectivity index (χ1) is 10.5. The van der Waals surface area contributed by atoms with Gasteiger partial charge in [0, 0.05) is 0 Å². The molecule has 0 bridgehead atoms. The van der Waals surface area contributed by atoms with Crippen LogP contribution in [0.15, 0.2) is 10.9 Å². The summed E-state index contributed by atoms with van der Waals surface area (Å²) in [5, 5.41) is 0.941. The summed E-state index contributed by atoms with van der Waals surface area (Å²) < 4.78 is 6.52. The summed E-state index contributed by atoms with van der Waals surface area (Å²) in [4.78, 5) is 35.6. The van der Waals surface area contributed by atoms with Crippen molar-refractivity contribution >= 4 is 40.0 Å². The molecule has 0 aliphatic heterocycles. The van der Waals surface area contributed by atoms with E-state index in [0.29, 0.717) is 22.2 Å². The zero-order valence-electron chi connectivity index (χ0n) is 12.5. The Morgan fingerprint density at radius 1 is 1.36 bits per heavy atom. The zero-order chi connectivity index (χ0) is 15.9. The summed E-state index contributed by atoms with van der Waals surface area (Å²) >= 11 is -0.148. The molecule has 0 atom stereocenters. The number of hydrogen-bond acceptors (Lipinski definition) is 5. The summed E-state index contributed by atoms with van der Waals surface area (Å²) in [6.07, 6.45) is -0.0307. The first-order valence-corrected chi connectivity index (χ1v) is 8.66. The summed E-state index contributed by atoms with van der Waals surface area (Å²) in [6.45, 7) is 5.98. The molecule has 114 valence electrons. The Labute approximate surface area is 132 Å². The minimum atomic E-state index is -0.395. The number of carbonyl (C=O) groups excluding carboxylic acids is 1. The molecular formula is C15H15N3O3Se. The number of carbonyl (C=O) groups is 1. The van der Waals surface area contributed by atoms with Gasteiger partial charge < -0.3 is 0 Å². The van der Waals surface area contributed by atoms with Crippen LogP contribution in [0.25, 0.3) is 19.6 Å². The molecule has 0 aliphatic rings. The number of H-pyrrole nitrogens is 1. The van der Waals surface area contributed by atoms with Crippen LogP contribution in [0.5, 0.6) is 0 Å². The molecule has 22 heavy (non-hydrogen) atoms. The molecule has 3 aromatic heterocycles. The molecule has 0 fully saturated rings. The monoisotopic (exact) mass is 365 g/mol. The van der Waals surface area contributed by atoms with Crippen LogP contribution >= 0.6 is 0 Å². The van der Waals surface area contributed by atoms with Gasteiger partial charge in [-0.15, -0.1) is 0 Å². The standard InChI is InChI=1S/C15H15N3O3Se/c1-4-21-10(19)6-9-17-12-11-7(2)5-8(3)16-15(11)22-13(12)14(20)18-9/h5H,4,6H2,1-3H3,(H,17,18,20). The third kappa shape index (κ3) is 2.58. The number of esters is 1. The first-order valence-electron chi connectivity index (χ1n) is 6.95.